The highest BCUT2D eigenvalue weighted by molar-refractivity contribution is 8.03. The smallest absolute Gasteiger partial charge is 0.342 e. The summed E-state index contributed by atoms with van der Waals surface area (Å²) in [6, 6.07) is 23.8. The lowest BCUT2D eigenvalue weighted by Gasteiger charge is -2.19. The van der Waals surface area contributed by atoms with E-state index in [2.05, 4.69) is 42.6 Å². The Morgan fingerprint density at radius 3 is 2.38 bits per heavy atom. The van der Waals surface area contributed by atoms with Crippen molar-refractivity contribution in [1.29, 1.82) is 0 Å². The van der Waals surface area contributed by atoms with Crippen LogP contribution in [-0.2, 0) is 26.0 Å². The van der Waals surface area contributed by atoms with Crippen molar-refractivity contribution in [2.45, 2.75) is 36.8 Å². The second-order valence-electron chi connectivity index (χ2n) is 10.2. The van der Waals surface area contributed by atoms with Crippen LogP contribution in [0, 0.1) is 0 Å². The monoisotopic (exact) mass is 576 g/mol. The number of hydrogen-bond donors (Lipinski definition) is 2. The normalized spacial score (nSPS) is 12.4. The molecular weight excluding hydrogens is 544 g/mol. The maximum absolute atomic E-state index is 12.8. The van der Waals surface area contributed by atoms with Gasteiger partial charge >= 0.3 is 5.97 Å². The third-order valence-corrected chi connectivity index (χ3v) is 8.72. The number of carbonyl (C=O) groups is 1. The van der Waals surface area contributed by atoms with Crippen LogP contribution in [0.5, 0.6) is 5.75 Å². The first kappa shape index (κ1) is 29.3. The van der Waals surface area contributed by atoms with Gasteiger partial charge in [0.25, 0.3) is 0 Å². The van der Waals surface area contributed by atoms with Gasteiger partial charge in [0, 0.05) is 23.9 Å². The average molecular weight is 577 g/mol. The maximum atomic E-state index is 12.8. The number of benzene rings is 3. The Hall–Kier alpha value is -3.66. The first-order chi connectivity index (χ1) is 19.0. The zero-order chi connectivity index (χ0) is 28.8. The second-order valence-corrected chi connectivity index (χ2v) is 12.9. The van der Waals surface area contributed by atoms with Crippen LogP contribution in [0.25, 0.3) is 17.0 Å². The minimum absolute atomic E-state index is 0.0666. The van der Waals surface area contributed by atoms with Crippen LogP contribution in [0.4, 0.5) is 0 Å². The highest BCUT2D eigenvalue weighted by Crippen LogP contribution is 2.27. The van der Waals surface area contributed by atoms with Crippen LogP contribution in [0.2, 0.25) is 0 Å². The molecule has 0 saturated carbocycles. The molecule has 0 amide bonds. The van der Waals surface area contributed by atoms with E-state index < -0.39 is 16.0 Å². The van der Waals surface area contributed by atoms with Crippen molar-refractivity contribution < 1.29 is 23.1 Å². The zero-order valence-corrected chi connectivity index (χ0v) is 24.3. The molecule has 4 rings (SSSR count). The lowest BCUT2D eigenvalue weighted by Crippen LogP contribution is -2.28. The van der Waals surface area contributed by atoms with Gasteiger partial charge in [0.15, 0.2) is 0 Å². The Morgan fingerprint density at radius 2 is 1.70 bits per heavy atom. The van der Waals surface area contributed by atoms with E-state index in [0.717, 1.165) is 16.5 Å². The summed E-state index contributed by atoms with van der Waals surface area (Å²) in [5.41, 5.74) is 3.50. The van der Waals surface area contributed by atoms with E-state index in [9.17, 15) is 18.3 Å². The summed E-state index contributed by atoms with van der Waals surface area (Å²) in [6.45, 7) is 6.67. The SMILES string of the molecule is CC(C)(C)c1ccc(CS/C(=C\c2ccc(OCCNS(=O)(=O)c3cccc4cccnc34)cc2)C(=O)O)cc1. The molecule has 0 aliphatic rings. The van der Waals surface area contributed by atoms with Crippen LogP contribution in [0.3, 0.4) is 0 Å². The summed E-state index contributed by atoms with van der Waals surface area (Å²) >= 11 is 1.27. The Morgan fingerprint density at radius 1 is 1.00 bits per heavy atom. The van der Waals surface area contributed by atoms with E-state index in [1.54, 1.807) is 48.7 Å². The molecule has 7 nitrogen and oxygen atoms in total. The molecule has 0 aliphatic carbocycles. The van der Waals surface area contributed by atoms with Gasteiger partial charge in [-0.1, -0.05) is 75.4 Å². The minimum atomic E-state index is -3.76. The first-order valence-corrected chi connectivity index (χ1v) is 15.2. The number of nitrogens with zero attached hydrogens (tertiary/aromatic N) is 1. The summed E-state index contributed by atoms with van der Waals surface area (Å²) in [4.78, 5) is 16.4. The molecule has 4 aromatic rings. The highest BCUT2D eigenvalue weighted by atomic mass is 32.2. The minimum Gasteiger partial charge on any atom is -0.492 e. The molecule has 0 spiro atoms. The van der Waals surface area contributed by atoms with Crippen molar-refractivity contribution in [3.63, 3.8) is 0 Å². The fraction of sp³-hybridized carbons (Fsp3) is 0.226. The van der Waals surface area contributed by atoms with E-state index in [1.165, 1.54) is 23.4 Å². The summed E-state index contributed by atoms with van der Waals surface area (Å²) in [5, 5.41) is 10.4. The fourth-order valence-electron chi connectivity index (χ4n) is 3.95. The highest BCUT2D eigenvalue weighted by Gasteiger charge is 2.18. The lowest BCUT2D eigenvalue weighted by molar-refractivity contribution is -0.131. The number of aliphatic carboxylic acids is 1. The lowest BCUT2D eigenvalue weighted by atomic mass is 9.87. The number of ether oxygens (including phenoxy) is 1. The van der Waals surface area contributed by atoms with Crippen LogP contribution in [0.1, 0.15) is 37.5 Å². The predicted octanol–water partition coefficient (Wildman–Crippen LogP) is 6.25. The Labute approximate surface area is 239 Å². The van der Waals surface area contributed by atoms with Gasteiger partial charge in [-0.3, -0.25) is 4.98 Å². The standard InChI is InChI=1S/C31H32N2O5S2/c1-31(2,3)25-13-9-23(10-14-25)21-39-27(30(34)35)20-22-11-15-26(16-12-22)38-19-18-33-40(36,37)28-8-4-6-24-7-5-17-32-29(24)28/h4-17,20,33H,18-19,21H2,1-3H3,(H,34,35)/b27-20-. The number of pyridine rings is 1. The van der Waals surface area contributed by atoms with Crippen molar-refractivity contribution in [3.8, 4) is 5.75 Å². The number of fused-ring (bicyclic) bond motifs is 1. The van der Waals surface area contributed by atoms with Crippen LogP contribution >= 0.6 is 11.8 Å². The van der Waals surface area contributed by atoms with Gasteiger partial charge in [0.2, 0.25) is 10.0 Å². The van der Waals surface area contributed by atoms with Gasteiger partial charge in [0.05, 0.1) is 10.4 Å². The van der Waals surface area contributed by atoms with E-state index in [-0.39, 0.29) is 28.4 Å². The molecule has 208 valence electrons. The topological polar surface area (TPSA) is 106 Å². The number of nitrogens with one attached hydrogen (secondary N) is 1. The third kappa shape index (κ3) is 7.71. The molecule has 0 saturated heterocycles. The van der Waals surface area contributed by atoms with Gasteiger partial charge in [-0.2, -0.15) is 0 Å². The average Bonchev–Trinajstić information content (AvgIpc) is 2.93. The molecule has 1 heterocycles. The first-order valence-electron chi connectivity index (χ1n) is 12.8. The molecule has 0 radical (unpaired) electrons. The molecule has 0 fully saturated rings. The van der Waals surface area contributed by atoms with Gasteiger partial charge in [0.1, 0.15) is 17.3 Å². The molecule has 0 atom stereocenters. The number of carboxylic acids is 1. The Balaban J connectivity index is 1.31. The number of para-hydroxylation sites is 1. The van der Waals surface area contributed by atoms with Gasteiger partial charge in [-0.05, 0) is 52.4 Å². The zero-order valence-electron chi connectivity index (χ0n) is 22.6. The van der Waals surface area contributed by atoms with Crippen molar-refractivity contribution in [3.05, 3.63) is 107 Å². The van der Waals surface area contributed by atoms with Crippen molar-refractivity contribution in [1.82, 2.24) is 9.71 Å². The quantitative estimate of drug-likeness (QED) is 0.161. The summed E-state index contributed by atoms with van der Waals surface area (Å²) in [6.07, 6.45) is 3.19. The molecule has 1 aromatic heterocycles. The molecule has 2 N–H and O–H groups in total. The summed E-state index contributed by atoms with van der Waals surface area (Å²) in [5.74, 6) is 0.117. The van der Waals surface area contributed by atoms with Crippen molar-refractivity contribution in [2.24, 2.45) is 0 Å². The molecule has 0 bridgehead atoms. The number of sulfonamides is 1. The van der Waals surface area contributed by atoms with Gasteiger partial charge in [-0.15, -0.1) is 11.8 Å². The number of carboxylic acid groups (broad SMARTS) is 1. The van der Waals surface area contributed by atoms with Gasteiger partial charge < -0.3 is 9.84 Å². The predicted molar refractivity (Wildman–Crippen MR) is 161 cm³/mol. The third-order valence-electron chi connectivity index (χ3n) is 6.15. The van der Waals surface area contributed by atoms with Crippen LogP contribution in [-0.4, -0.2) is 37.6 Å². The Bertz CT molecular complexity index is 1600. The van der Waals surface area contributed by atoms with E-state index in [4.69, 9.17) is 4.74 Å². The van der Waals surface area contributed by atoms with Crippen LogP contribution < -0.4 is 9.46 Å². The van der Waals surface area contributed by atoms with Gasteiger partial charge in [-0.25, -0.2) is 17.9 Å². The van der Waals surface area contributed by atoms with Crippen LogP contribution in [0.15, 0.2) is 94.9 Å². The molecular formula is C31H32N2O5S2. The number of rotatable bonds is 11. The Kier molecular flexibility index (Phi) is 9.29. The summed E-state index contributed by atoms with van der Waals surface area (Å²) in [7, 11) is -3.76. The number of hydrogen-bond acceptors (Lipinski definition) is 6. The summed E-state index contributed by atoms with van der Waals surface area (Å²) < 4.78 is 33.8. The van der Waals surface area contributed by atoms with E-state index in [1.807, 2.05) is 24.3 Å². The molecule has 40 heavy (non-hydrogen) atoms. The number of thioether (sulfide) groups is 1. The fourth-order valence-corrected chi connectivity index (χ4v) is 6.00. The molecule has 9 heteroatoms. The van der Waals surface area contributed by atoms with E-state index >= 15 is 0 Å². The largest absolute Gasteiger partial charge is 0.492 e. The molecule has 3 aromatic carbocycles. The number of aromatic nitrogens is 1. The van der Waals surface area contributed by atoms with Crippen molar-refractivity contribution in [2.75, 3.05) is 13.2 Å². The van der Waals surface area contributed by atoms with Crippen molar-refractivity contribution >= 4 is 44.7 Å². The second kappa shape index (κ2) is 12.7. The molecule has 0 aliphatic heterocycles. The van der Waals surface area contributed by atoms with E-state index in [0.29, 0.717) is 17.0 Å². The molecule has 0 unspecified atom stereocenters. The maximum Gasteiger partial charge on any atom is 0.342 e.